The Morgan fingerprint density at radius 1 is 1.13 bits per heavy atom. The summed E-state index contributed by atoms with van der Waals surface area (Å²) in [7, 11) is 0. The van der Waals surface area contributed by atoms with Gasteiger partial charge in [0, 0.05) is 39.0 Å². The number of benzene rings is 2. The smallest absolute Gasteiger partial charge is 0.241 e. The van der Waals surface area contributed by atoms with Gasteiger partial charge in [-0.2, -0.15) is 0 Å². The van der Waals surface area contributed by atoms with E-state index in [2.05, 4.69) is 27.7 Å². The summed E-state index contributed by atoms with van der Waals surface area (Å²) in [6, 6.07) is 16.3. The number of piperidine rings is 1. The van der Waals surface area contributed by atoms with E-state index in [0.29, 0.717) is 13.0 Å². The highest BCUT2D eigenvalue weighted by molar-refractivity contribution is 7.80. The van der Waals surface area contributed by atoms with Crippen LogP contribution in [0.4, 0.5) is 4.39 Å². The Kier molecular flexibility index (Phi) is 6.53. The molecule has 2 saturated heterocycles. The van der Waals surface area contributed by atoms with Crippen LogP contribution in [-0.4, -0.2) is 52.2 Å². The molecule has 2 N–H and O–H groups in total. The Hall–Kier alpha value is -2.51. The lowest BCUT2D eigenvalue weighted by molar-refractivity contribution is -0.134. The summed E-state index contributed by atoms with van der Waals surface area (Å²) < 4.78 is 13.4. The fourth-order valence-corrected chi connectivity index (χ4v) is 4.94. The van der Waals surface area contributed by atoms with Gasteiger partial charge in [0.25, 0.3) is 0 Å². The van der Waals surface area contributed by atoms with E-state index in [0.717, 1.165) is 48.7 Å². The molecule has 2 aliphatic heterocycles. The van der Waals surface area contributed by atoms with Crippen LogP contribution in [0.5, 0.6) is 0 Å². The van der Waals surface area contributed by atoms with Crippen LogP contribution < -0.4 is 10.6 Å². The third-order valence-corrected chi connectivity index (χ3v) is 6.67. The Bertz CT molecular complexity index is 913. The Balaban J connectivity index is 1.55. The van der Waals surface area contributed by atoms with Gasteiger partial charge >= 0.3 is 0 Å². The van der Waals surface area contributed by atoms with Crippen molar-refractivity contribution in [3.63, 3.8) is 0 Å². The van der Waals surface area contributed by atoms with Gasteiger partial charge in [-0.1, -0.05) is 42.5 Å². The van der Waals surface area contributed by atoms with Crippen LogP contribution in [0.1, 0.15) is 30.9 Å². The monoisotopic (exact) mass is 440 g/mol. The first-order valence-electron chi connectivity index (χ1n) is 10.9. The van der Waals surface area contributed by atoms with Crippen LogP contribution >= 0.6 is 12.2 Å². The molecule has 0 radical (unpaired) electrons. The van der Waals surface area contributed by atoms with Gasteiger partial charge in [-0.25, -0.2) is 4.39 Å². The van der Waals surface area contributed by atoms with Gasteiger partial charge in [-0.3, -0.25) is 10.1 Å². The number of hydrogen-bond acceptors (Lipinski definition) is 3. The molecule has 31 heavy (non-hydrogen) atoms. The number of amides is 1. The van der Waals surface area contributed by atoms with E-state index in [9.17, 15) is 9.18 Å². The summed E-state index contributed by atoms with van der Waals surface area (Å²) in [5.74, 6) is -0.160. The normalized spacial score (nSPS) is 20.3. The highest BCUT2D eigenvalue weighted by Gasteiger charge is 2.51. The summed E-state index contributed by atoms with van der Waals surface area (Å²) in [6.45, 7) is 4.86. The lowest BCUT2D eigenvalue weighted by Crippen LogP contribution is -2.60. The van der Waals surface area contributed by atoms with Gasteiger partial charge in [0.1, 0.15) is 5.82 Å². The molecular formula is C24H29FN4OS. The first-order valence-corrected chi connectivity index (χ1v) is 11.3. The molecular weight excluding hydrogens is 411 g/mol. The zero-order chi connectivity index (χ0) is 21.8. The van der Waals surface area contributed by atoms with Gasteiger partial charge in [0.15, 0.2) is 5.11 Å². The molecule has 0 unspecified atom stereocenters. The standard InChI is InChI=1S/C24H29FN4OS/c1-2-26-23(31)28-14-12-24(13-15-28)27-21(16-18-6-4-3-5-7-18)22(30)29(24)17-19-8-10-20(25)11-9-19/h3-11,21,27H,2,12-17H2,1H3,(H,26,31)/t21-/m1/s1. The lowest BCUT2D eigenvalue weighted by atomic mass is 9.95. The highest BCUT2D eigenvalue weighted by atomic mass is 32.1. The van der Waals surface area contributed by atoms with E-state index in [4.69, 9.17) is 12.2 Å². The molecule has 1 amide bonds. The van der Waals surface area contributed by atoms with E-state index in [1.165, 1.54) is 12.1 Å². The Labute approximate surface area is 188 Å². The third kappa shape index (κ3) is 4.72. The van der Waals surface area contributed by atoms with E-state index >= 15 is 0 Å². The molecule has 0 saturated carbocycles. The second kappa shape index (κ2) is 9.32. The molecule has 5 nitrogen and oxygen atoms in total. The fraction of sp³-hybridized carbons (Fsp3) is 0.417. The summed E-state index contributed by atoms with van der Waals surface area (Å²) in [5, 5.41) is 7.68. The lowest BCUT2D eigenvalue weighted by Gasteiger charge is -2.45. The van der Waals surface area contributed by atoms with Crippen LogP contribution in [0.2, 0.25) is 0 Å². The zero-order valence-corrected chi connectivity index (χ0v) is 18.6. The van der Waals surface area contributed by atoms with Crippen molar-refractivity contribution in [3.8, 4) is 0 Å². The third-order valence-electron chi connectivity index (χ3n) is 6.27. The number of thiocarbonyl (C=S) groups is 1. The number of nitrogens with zero attached hydrogens (tertiary/aromatic N) is 2. The maximum Gasteiger partial charge on any atom is 0.241 e. The van der Waals surface area contributed by atoms with Gasteiger partial charge in [-0.15, -0.1) is 0 Å². The summed E-state index contributed by atoms with van der Waals surface area (Å²) in [6.07, 6.45) is 2.23. The van der Waals surface area contributed by atoms with Gasteiger partial charge < -0.3 is 15.1 Å². The van der Waals surface area contributed by atoms with Crippen LogP contribution in [0.3, 0.4) is 0 Å². The minimum atomic E-state index is -0.413. The van der Waals surface area contributed by atoms with E-state index in [1.54, 1.807) is 12.1 Å². The Morgan fingerprint density at radius 3 is 2.45 bits per heavy atom. The van der Waals surface area contributed by atoms with E-state index in [-0.39, 0.29) is 17.8 Å². The zero-order valence-electron chi connectivity index (χ0n) is 17.8. The molecule has 1 atom stereocenters. The topological polar surface area (TPSA) is 47.6 Å². The van der Waals surface area contributed by atoms with E-state index < -0.39 is 5.66 Å². The average Bonchev–Trinajstić information content (AvgIpc) is 3.02. The summed E-state index contributed by atoms with van der Waals surface area (Å²) in [5.41, 5.74) is 1.66. The number of rotatable bonds is 5. The highest BCUT2D eigenvalue weighted by Crippen LogP contribution is 2.34. The van der Waals surface area contributed by atoms with Crippen LogP contribution in [-0.2, 0) is 17.8 Å². The van der Waals surface area contributed by atoms with Crippen molar-refractivity contribution in [1.82, 2.24) is 20.4 Å². The van der Waals surface area contributed by atoms with Crippen LogP contribution in [0.15, 0.2) is 54.6 Å². The Morgan fingerprint density at radius 2 is 1.81 bits per heavy atom. The van der Waals surface area contributed by atoms with E-state index in [1.807, 2.05) is 30.0 Å². The first-order chi connectivity index (χ1) is 15.0. The van der Waals surface area contributed by atoms with Crippen molar-refractivity contribution in [3.05, 3.63) is 71.5 Å². The number of carbonyl (C=O) groups is 1. The molecule has 2 aliphatic rings. The largest absolute Gasteiger partial charge is 0.363 e. The second-order valence-corrected chi connectivity index (χ2v) is 8.68. The molecule has 2 fully saturated rings. The molecule has 0 aromatic heterocycles. The number of halogens is 1. The number of likely N-dealkylation sites (tertiary alicyclic amines) is 1. The van der Waals surface area contributed by atoms with Crippen molar-refractivity contribution in [2.24, 2.45) is 0 Å². The maximum absolute atomic E-state index is 13.5. The van der Waals surface area contributed by atoms with Crippen molar-refractivity contribution in [2.45, 2.75) is 44.4 Å². The molecule has 4 rings (SSSR count). The SMILES string of the molecule is CCNC(=S)N1CCC2(CC1)N[C@H](Cc1ccccc1)C(=O)N2Cc1ccc(F)cc1. The first kappa shape index (κ1) is 21.7. The van der Waals surface area contributed by atoms with Crippen LogP contribution in [0.25, 0.3) is 0 Å². The molecule has 2 aromatic rings. The summed E-state index contributed by atoms with van der Waals surface area (Å²) in [4.78, 5) is 17.7. The fourth-order valence-electron chi connectivity index (χ4n) is 4.61. The van der Waals surface area contributed by atoms with Crippen molar-refractivity contribution >= 4 is 23.2 Å². The second-order valence-electron chi connectivity index (χ2n) is 8.29. The number of nitrogens with one attached hydrogen (secondary N) is 2. The van der Waals surface area contributed by atoms with Crippen molar-refractivity contribution in [2.75, 3.05) is 19.6 Å². The van der Waals surface area contributed by atoms with Gasteiger partial charge in [-0.05, 0) is 48.8 Å². The van der Waals surface area contributed by atoms with Crippen LogP contribution in [0, 0.1) is 5.82 Å². The molecule has 0 aliphatic carbocycles. The summed E-state index contributed by atoms with van der Waals surface area (Å²) >= 11 is 5.49. The molecule has 7 heteroatoms. The van der Waals surface area contributed by atoms with Gasteiger partial charge in [0.2, 0.25) is 5.91 Å². The van der Waals surface area contributed by atoms with Crippen molar-refractivity contribution < 1.29 is 9.18 Å². The molecule has 0 bridgehead atoms. The molecule has 164 valence electrons. The number of hydrogen-bond donors (Lipinski definition) is 2. The molecule has 1 spiro atoms. The average molecular weight is 441 g/mol. The minimum Gasteiger partial charge on any atom is -0.363 e. The molecule has 2 heterocycles. The predicted octanol–water partition coefficient (Wildman–Crippen LogP) is 3.06. The predicted molar refractivity (Wildman–Crippen MR) is 124 cm³/mol. The minimum absolute atomic E-state index is 0.107. The van der Waals surface area contributed by atoms with Crippen molar-refractivity contribution in [1.29, 1.82) is 0 Å². The van der Waals surface area contributed by atoms with Gasteiger partial charge in [0.05, 0.1) is 11.7 Å². The maximum atomic E-state index is 13.5. The number of carbonyl (C=O) groups excluding carboxylic acids is 1. The quantitative estimate of drug-likeness (QED) is 0.700. The molecule has 2 aromatic carbocycles.